The Morgan fingerprint density at radius 3 is 2.71 bits per heavy atom. The quantitative estimate of drug-likeness (QED) is 0.794. The van der Waals surface area contributed by atoms with Gasteiger partial charge in [0, 0.05) is 12.1 Å². The van der Waals surface area contributed by atoms with E-state index in [1.807, 2.05) is 13.8 Å². The fourth-order valence-electron chi connectivity index (χ4n) is 1.80. The number of methoxy groups -OCH3 is 1. The molecule has 0 aliphatic rings. The van der Waals surface area contributed by atoms with Gasteiger partial charge >= 0.3 is 5.97 Å². The van der Waals surface area contributed by atoms with Crippen molar-refractivity contribution in [2.24, 2.45) is 5.92 Å². The van der Waals surface area contributed by atoms with Gasteiger partial charge in [0.25, 0.3) is 0 Å². The molecule has 0 aliphatic carbocycles. The van der Waals surface area contributed by atoms with Crippen LogP contribution < -0.4 is 5.32 Å². The number of hydrogen-bond donors (Lipinski definition) is 1. The lowest BCUT2D eigenvalue weighted by atomic mass is 10.0. The fourth-order valence-corrected chi connectivity index (χ4v) is 2.49. The van der Waals surface area contributed by atoms with Gasteiger partial charge in [0.2, 0.25) is 0 Å². The largest absolute Gasteiger partial charge is 0.469 e. The Morgan fingerprint density at radius 2 is 2.18 bits per heavy atom. The first-order chi connectivity index (χ1) is 8.04. The number of carbonyl (C=O) groups excluding carboxylic acids is 1. The lowest BCUT2D eigenvalue weighted by Gasteiger charge is -2.23. The van der Waals surface area contributed by atoms with Crippen LogP contribution in [0.4, 0.5) is 0 Å². The number of carbonyl (C=O) groups is 1. The van der Waals surface area contributed by atoms with Crippen molar-refractivity contribution in [1.82, 2.24) is 5.32 Å². The minimum Gasteiger partial charge on any atom is -0.469 e. The van der Waals surface area contributed by atoms with Crippen LogP contribution in [-0.2, 0) is 16.0 Å². The van der Waals surface area contributed by atoms with Crippen LogP contribution in [0, 0.1) is 5.92 Å². The zero-order chi connectivity index (χ0) is 12.8. The van der Waals surface area contributed by atoms with Gasteiger partial charge < -0.3 is 10.1 Å². The van der Waals surface area contributed by atoms with E-state index in [-0.39, 0.29) is 17.9 Å². The average Bonchev–Trinajstić information content (AvgIpc) is 2.79. The summed E-state index contributed by atoms with van der Waals surface area (Å²) in [5.74, 6) is -0.280. The molecule has 3 atom stereocenters. The van der Waals surface area contributed by atoms with Crippen molar-refractivity contribution < 1.29 is 9.53 Å². The Hall–Kier alpha value is -0.870. The molecular weight excluding hydrogens is 234 g/mol. The van der Waals surface area contributed by atoms with E-state index in [1.165, 1.54) is 12.7 Å². The molecule has 17 heavy (non-hydrogen) atoms. The van der Waals surface area contributed by atoms with Gasteiger partial charge in [-0.25, -0.2) is 0 Å². The topological polar surface area (TPSA) is 38.3 Å². The Morgan fingerprint density at radius 1 is 1.47 bits per heavy atom. The highest BCUT2D eigenvalue weighted by atomic mass is 32.1. The fraction of sp³-hybridized carbons (Fsp3) is 0.615. The van der Waals surface area contributed by atoms with E-state index in [0.29, 0.717) is 6.04 Å². The summed E-state index contributed by atoms with van der Waals surface area (Å²) in [4.78, 5) is 11.4. The summed E-state index contributed by atoms with van der Waals surface area (Å²) in [5, 5.41) is 7.68. The maximum Gasteiger partial charge on any atom is 0.309 e. The summed E-state index contributed by atoms with van der Waals surface area (Å²) in [5.41, 5.74) is 1.34. The minimum atomic E-state index is -0.160. The van der Waals surface area contributed by atoms with Crippen molar-refractivity contribution in [3.63, 3.8) is 0 Å². The van der Waals surface area contributed by atoms with E-state index in [1.54, 1.807) is 11.3 Å². The minimum absolute atomic E-state index is 0.120. The van der Waals surface area contributed by atoms with Crippen LogP contribution in [0.25, 0.3) is 0 Å². The van der Waals surface area contributed by atoms with Crippen molar-refractivity contribution in [2.75, 3.05) is 7.11 Å². The van der Waals surface area contributed by atoms with Gasteiger partial charge in [-0.1, -0.05) is 6.92 Å². The molecule has 1 aromatic rings. The molecule has 0 bridgehead atoms. The number of hydrogen-bond acceptors (Lipinski definition) is 4. The molecule has 0 saturated carbocycles. The molecule has 96 valence electrons. The summed E-state index contributed by atoms with van der Waals surface area (Å²) in [7, 11) is 1.43. The third kappa shape index (κ3) is 4.48. The van der Waals surface area contributed by atoms with Gasteiger partial charge in [0.1, 0.15) is 0 Å². The molecule has 0 aromatic carbocycles. The standard InChI is InChI=1S/C13H21NO2S/c1-9(7-12-5-6-17-8-12)14-11(3)10(2)13(15)16-4/h5-6,8-11,14H,7H2,1-4H3. The van der Waals surface area contributed by atoms with Crippen LogP contribution in [0.3, 0.4) is 0 Å². The molecule has 3 unspecified atom stereocenters. The Bertz CT molecular complexity index is 337. The van der Waals surface area contributed by atoms with E-state index in [4.69, 9.17) is 4.74 Å². The van der Waals surface area contributed by atoms with Crippen molar-refractivity contribution in [1.29, 1.82) is 0 Å². The second kappa shape index (κ2) is 6.77. The van der Waals surface area contributed by atoms with Crippen LogP contribution in [-0.4, -0.2) is 25.2 Å². The zero-order valence-electron chi connectivity index (χ0n) is 10.9. The maximum atomic E-state index is 11.4. The predicted octanol–water partition coefficient (Wildman–Crippen LogP) is 2.47. The molecule has 1 aromatic heterocycles. The van der Waals surface area contributed by atoms with E-state index in [2.05, 4.69) is 29.1 Å². The lowest BCUT2D eigenvalue weighted by molar-refractivity contribution is -0.145. The van der Waals surface area contributed by atoms with Crippen molar-refractivity contribution in [2.45, 2.75) is 39.3 Å². The Labute approximate surface area is 107 Å². The Balaban J connectivity index is 2.40. The van der Waals surface area contributed by atoms with Crippen molar-refractivity contribution in [3.8, 4) is 0 Å². The highest BCUT2D eigenvalue weighted by molar-refractivity contribution is 7.07. The van der Waals surface area contributed by atoms with Crippen LogP contribution in [0.15, 0.2) is 16.8 Å². The number of ether oxygens (including phenoxy) is 1. The average molecular weight is 255 g/mol. The number of rotatable bonds is 6. The molecular formula is C13H21NO2S. The first-order valence-corrected chi connectivity index (χ1v) is 6.83. The van der Waals surface area contributed by atoms with Gasteiger partial charge in [-0.05, 0) is 42.7 Å². The maximum absolute atomic E-state index is 11.4. The Kier molecular flexibility index (Phi) is 5.65. The molecule has 1 rings (SSSR count). The lowest BCUT2D eigenvalue weighted by Crippen LogP contribution is -2.42. The molecule has 0 amide bonds. The molecule has 0 spiro atoms. The number of thiophene rings is 1. The highest BCUT2D eigenvalue weighted by Crippen LogP contribution is 2.11. The smallest absolute Gasteiger partial charge is 0.309 e. The number of esters is 1. The summed E-state index contributed by atoms with van der Waals surface area (Å²) in [6, 6.07) is 2.61. The van der Waals surface area contributed by atoms with Crippen molar-refractivity contribution >= 4 is 17.3 Å². The van der Waals surface area contributed by atoms with Crippen LogP contribution in [0.1, 0.15) is 26.3 Å². The first-order valence-electron chi connectivity index (χ1n) is 5.89. The third-order valence-corrected chi connectivity index (χ3v) is 3.72. The molecule has 0 saturated heterocycles. The van der Waals surface area contributed by atoms with Gasteiger partial charge in [-0.3, -0.25) is 4.79 Å². The predicted molar refractivity (Wildman–Crippen MR) is 71.3 cm³/mol. The second-order valence-corrected chi connectivity index (χ2v) is 5.28. The third-order valence-electron chi connectivity index (χ3n) is 2.99. The van der Waals surface area contributed by atoms with E-state index >= 15 is 0 Å². The zero-order valence-corrected chi connectivity index (χ0v) is 11.7. The van der Waals surface area contributed by atoms with Gasteiger partial charge in [-0.15, -0.1) is 0 Å². The molecule has 4 heteroatoms. The molecule has 0 aliphatic heterocycles. The summed E-state index contributed by atoms with van der Waals surface area (Å²) in [6.07, 6.45) is 0.988. The molecule has 0 fully saturated rings. The SMILES string of the molecule is COC(=O)C(C)C(C)NC(C)Cc1ccsc1. The van der Waals surface area contributed by atoms with Crippen LogP contribution in [0.2, 0.25) is 0 Å². The van der Waals surface area contributed by atoms with Gasteiger partial charge in [0.05, 0.1) is 13.0 Å². The molecule has 1 heterocycles. The van der Waals surface area contributed by atoms with Gasteiger partial charge in [0.15, 0.2) is 0 Å². The van der Waals surface area contributed by atoms with Gasteiger partial charge in [-0.2, -0.15) is 11.3 Å². The molecule has 1 N–H and O–H groups in total. The summed E-state index contributed by atoms with van der Waals surface area (Å²) < 4.78 is 4.74. The van der Waals surface area contributed by atoms with E-state index in [0.717, 1.165) is 6.42 Å². The summed E-state index contributed by atoms with van der Waals surface area (Å²) in [6.45, 7) is 6.05. The second-order valence-electron chi connectivity index (χ2n) is 4.50. The van der Waals surface area contributed by atoms with E-state index in [9.17, 15) is 4.79 Å². The van der Waals surface area contributed by atoms with Crippen LogP contribution >= 0.6 is 11.3 Å². The molecule has 0 radical (unpaired) electrons. The van der Waals surface area contributed by atoms with Crippen LogP contribution in [0.5, 0.6) is 0 Å². The number of nitrogens with one attached hydrogen (secondary N) is 1. The highest BCUT2D eigenvalue weighted by Gasteiger charge is 2.21. The molecule has 3 nitrogen and oxygen atoms in total. The first kappa shape index (κ1) is 14.2. The normalized spacial score (nSPS) is 16.2. The van der Waals surface area contributed by atoms with Crippen molar-refractivity contribution in [3.05, 3.63) is 22.4 Å². The monoisotopic (exact) mass is 255 g/mol. The van der Waals surface area contributed by atoms with E-state index < -0.39 is 0 Å². The summed E-state index contributed by atoms with van der Waals surface area (Å²) >= 11 is 1.71.